The zero-order valence-corrected chi connectivity index (χ0v) is 11.0. The fourth-order valence-electron chi connectivity index (χ4n) is 1.87. The highest BCUT2D eigenvalue weighted by Gasteiger charge is 2.05. The number of ether oxygens (including phenoxy) is 1. The monoisotopic (exact) mass is 242 g/mol. The smallest absolute Gasteiger partial charge is 0.126 e. The lowest BCUT2D eigenvalue weighted by Crippen LogP contribution is -1.99. The van der Waals surface area contributed by atoms with Crippen molar-refractivity contribution in [2.75, 3.05) is 0 Å². The highest BCUT2D eigenvalue weighted by Crippen LogP contribution is 2.27. The van der Waals surface area contributed by atoms with Gasteiger partial charge >= 0.3 is 0 Å². The van der Waals surface area contributed by atoms with Gasteiger partial charge in [0, 0.05) is 5.56 Å². The van der Waals surface area contributed by atoms with Crippen molar-refractivity contribution in [1.82, 2.24) is 0 Å². The Kier molecular flexibility index (Phi) is 3.56. The number of rotatable bonds is 3. The van der Waals surface area contributed by atoms with Gasteiger partial charge < -0.3 is 9.84 Å². The highest BCUT2D eigenvalue weighted by molar-refractivity contribution is 5.42. The number of phenols is 1. The second-order valence-electron chi connectivity index (χ2n) is 4.62. The van der Waals surface area contributed by atoms with Crippen LogP contribution in [0.5, 0.6) is 11.5 Å². The molecule has 0 unspecified atom stereocenters. The van der Waals surface area contributed by atoms with Crippen LogP contribution in [0.3, 0.4) is 0 Å². The largest absolute Gasteiger partial charge is 0.508 e. The molecule has 0 aliphatic carbocycles. The second kappa shape index (κ2) is 5.13. The first-order valence-corrected chi connectivity index (χ1v) is 6.05. The summed E-state index contributed by atoms with van der Waals surface area (Å²) in [5.41, 5.74) is 4.41. The van der Waals surface area contributed by atoms with Crippen LogP contribution in [0.4, 0.5) is 0 Å². The summed E-state index contributed by atoms with van der Waals surface area (Å²) < 4.78 is 5.78. The molecule has 0 saturated carbocycles. The van der Waals surface area contributed by atoms with Crippen LogP contribution in [0.15, 0.2) is 36.4 Å². The Morgan fingerprint density at radius 1 is 1.06 bits per heavy atom. The molecule has 94 valence electrons. The van der Waals surface area contributed by atoms with Crippen LogP contribution in [-0.2, 0) is 6.61 Å². The SMILES string of the molecule is Cc1ccc(C)c(COc2cccc(O)c2C)c1. The number of phenolic OH excluding ortho intramolecular Hbond substituents is 1. The molecule has 18 heavy (non-hydrogen) atoms. The molecule has 0 amide bonds. The van der Waals surface area contributed by atoms with Crippen LogP contribution in [0.2, 0.25) is 0 Å². The van der Waals surface area contributed by atoms with E-state index in [0.717, 1.165) is 11.3 Å². The van der Waals surface area contributed by atoms with Gasteiger partial charge in [-0.15, -0.1) is 0 Å². The van der Waals surface area contributed by atoms with Crippen LogP contribution in [0.25, 0.3) is 0 Å². The van der Waals surface area contributed by atoms with Crippen molar-refractivity contribution >= 4 is 0 Å². The Hall–Kier alpha value is -1.96. The summed E-state index contributed by atoms with van der Waals surface area (Å²) in [4.78, 5) is 0. The molecule has 2 rings (SSSR count). The zero-order valence-electron chi connectivity index (χ0n) is 11.0. The van der Waals surface area contributed by atoms with E-state index in [1.165, 1.54) is 16.7 Å². The summed E-state index contributed by atoms with van der Waals surface area (Å²) in [6.07, 6.45) is 0. The Morgan fingerprint density at radius 2 is 1.83 bits per heavy atom. The lowest BCUT2D eigenvalue weighted by atomic mass is 10.1. The van der Waals surface area contributed by atoms with Gasteiger partial charge in [0.1, 0.15) is 18.1 Å². The first-order chi connectivity index (χ1) is 8.58. The van der Waals surface area contributed by atoms with E-state index in [1.807, 2.05) is 13.0 Å². The molecule has 0 atom stereocenters. The van der Waals surface area contributed by atoms with Gasteiger partial charge in [0.2, 0.25) is 0 Å². The Bertz CT molecular complexity index is 557. The molecule has 0 fully saturated rings. The minimum Gasteiger partial charge on any atom is -0.508 e. The molecule has 0 aliphatic rings. The van der Waals surface area contributed by atoms with Crippen molar-refractivity contribution in [1.29, 1.82) is 0 Å². The van der Waals surface area contributed by atoms with Crippen molar-refractivity contribution < 1.29 is 9.84 Å². The van der Waals surface area contributed by atoms with Crippen molar-refractivity contribution in [2.24, 2.45) is 0 Å². The maximum Gasteiger partial charge on any atom is 0.126 e. The number of hydrogen-bond acceptors (Lipinski definition) is 2. The summed E-state index contributed by atoms with van der Waals surface area (Å²) in [5.74, 6) is 1.00. The minimum atomic E-state index is 0.272. The average molecular weight is 242 g/mol. The molecule has 0 aromatic heterocycles. The normalized spacial score (nSPS) is 10.4. The van der Waals surface area contributed by atoms with E-state index < -0.39 is 0 Å². The van der Waals surface area contributed by atoms with E-state index in [2.05, 4.69) is 32.0 Å². The summed E-state index contributed by atoms with van der Waals surface area (Å²) >= 11 is 0. The average Bonchev–Trinajstić information content (AvgIpc) is 2.35. The zero-order chi connectivity index (χ0) is 13.1. The van der Waals surface area contributed by atoms with Crippen molar-refractivity contribution in [2.45, 2.75) is 27.4 Å². The van der Waals surface area contributed by atoms with Crippen LogP contribution >= 0.6 is 0 Å². The molecule has 0 heterocycles. The maximum absolute atomic E-state index is 9.62. The maximum atomic E-state index is 9.62. The van der Waals surface area contributed by atoms with E-state index in [4.69, 9.17) is 4.74 Å². The molecule has 2 aromatic rings. The number of aryl methyl sites for hydroxylation is 2. The van der Waals surface area contributed by atoms with E-state index in [-0.39, 0.29) is 5.75 Å². The van der Waals surface area contributed by atoms with Gasteiger partial charge in [-0.3, -0.25) is 0 Å². The molecular weight excluding hydrogens is 224 g/mol. The molecule has 2 aromatic carbocycles. The van der Waals surface area contributed by atoms with Gasteiger partial charge in [-0.05, 0) is 44.0 Å². The van der Waals surface area contributed by atoms with E-state index in [0.29, 0.717) is 6.61 Å². The van der Waals surface area contributed by atoms with Gasteiger partial charge in [0.05, 0.1) is 0 Å². The first kappa shape index (κ1) is 12.5. The lowest BCUT2D eigenvalue weighted by Gasteiger charge is -2.12. The third-order valence-corrected chi connectivity index (χ3v) is 3.14. The molecule has 0 radical (unpaired) electrons. The standard InChI is InChI=1S/C16H18O2/c1-11-7-8-12(2)14(9-11)10-18-16-6-4-5-15(17)13(16)3/h4-9,17H,10H2,1-3H3. The van der Waals surface area contributed by atoms with Gasteiger partial charge in [0.15, 0.2) is 0 Å². The van der Waals surface area contributed by atoms with Crippen LogP contribution in [0, 0.1) is 20.8 Å². The summed E-state index contributed by atoms with van der Waals surface area (Å²) in [7, 11) is 0. The van der Waals surface area contributed by atoms with Gasteiger partial charge in [-0.2, -0.15) is 0 Å². The molecule has 0 spiro atoms. The minimum absolute atomic E-state index is 0.272. The molecule has 0 bridgehead atoms. The molecule has 1 N–H and O–H groups in total. The highest BCUT2D eigenvalue weighted by atomic mass is 16.5. The number of hydrogen-bond donors (Lipinski definition) is 1. The topological polar surface area (TPSA) is 29.5 Å². The molecular formula is C16H18O2. The quantitative estimate of drug-likeness (QED) is 0.884. The molecule has 0 saturated heterocycles. The first-order valence-electron chi connectivity index (χ1n) is 6.05. The van der Waals surface area contributed by atoms with Crippen LogP contribution in [0.1, 0.15) is 22.3 Å². The summed E-state index contributed by atoms with van der Waals surface area (Å²) in [6.45, 7) is 6.53. The van der Waals surface area contributed by atoms with E-state index in [9.17, 15) is 5.11 Å². The Labute approximate surface area is 108 Å². The number of aromatic hydroxyl groups is 1. The van der Waals surface area contributed by atoms with Crippen molar-refractivity contribution in [3.63, 3.8) is 0 Å². The lowest BCUT2D eigenvalue weighted by molar-refractivity contribution is 0.301. The van der Waals surface area contributed by atoms with Crippen molar-refractivity contribution in [3.8, 4) is 11.5 Å². The van der Waals surface area contributed by atoms with Gasteiger partial charge in [-0.25, -0.2) is 0 Å². The fourth-order valence-corrected chi connectivity index (χ4v) is 1.87. The summed E-state index contributed by atoms with van der Waals surface area (Å²) in [6, 6.07) is 11.7. The predicted molar refractivity (Wildman–Crippen MR) is 73.1 cm³/mol. The van der Waals surface area contributed by atoms with Crippen LogP contribution < -0.4 is 4.74 Å². The van der Waals surface area contributed by atoms with Gasteiger partial charge in [0.25, 0.3) is 0 Å². The Morgan fingerprint density at radius 3 is 2.61 bits per heavy atom. The van der Waals surface area contributed by atoms with Gasteiger partial charge in [-0.1, -0.05) is 29.8 Å². The molecule has 0 aliphatic heterocycles. The Balaban J connectivity index is 2.16. The third-order valence-electron chi connectivity index (χ3n) is 3.14. The molecule has 2 nitrogen and oxygen atoms in total. The van der Waals surface area contributed by atoms with Crippen LogP contribution in [-0.4, -0.2) is 5.11 Å². The second-order valence-corrected chi connectivity index (χ2v) is 4.62. The van der Waals surface area contributed by atoms with E-state index in [1.54, 1.807) is 12.1 Å². The fraction of sp³-hybridized carbons (Fsp3) is 0.250. The predicted octanol–water partition coefficient (Wildman–Crippen LogP) is 3.90. The third kappa shape index (κ3) is 2.65. The van der Waals surface area contributed by atoms with Crippen molar-refractivity contribution in [3.05, 3.63) is 58.7 Å². The molecule has 2 heteroatoms. The summed E-state index contributed by atoms with van der Waals surface area (Å²) in [5, 5.41) is 9.62. The van der Waals surface area contributed by atoms with E-state index >= 15 is 0 Å². The number of benzene rings is 2.